The first-order valence-electron chi connectivity index (χ1n) is 16.2. The lowest BCUT2D eigenvalue weighted by molar-refractivity contribution is -0.150. The molecular weight excluding hydrogens is 622 g/mol. The number of rotatable bonds is 11. The van der Waals surface area contributed by atoms with Crippen molar-refractivity contribution < 1.29 is 19.1 Å². The Morgan fingerprint density at radius 1 is 0.420 bits per heavy atom. The van der Waals surface area contributed by atoms with Crippen LogP contribution in [0.2, 0.25) is 0 Å². The van der Waals surface area contributed by atoms with E-state index in [-0.39, 0.29) is 0 Å². The molecule has 0 radical (unpaired) electrons. The summed E-state index contributed by atoms with van der Waals surface area (Å²) in [6.07, 6.45) is 0. The molecule has 0 saturated carbocycles. The summed E-state index contributed by atoms with van der Waals surface area (Å²) in [5.41, 5.74) is 4.64. The van der Waals surface area contributed by atoms with E-state index in [0.717, 1.165) is 0 Å². The van der Waals surface area contributed by atoms with E-state index in [1.807, 2.05) is 60.7 Å². The first-order chi connectivity index (χ1) is 24.4. The van der Waals surface area contributed by atoms with E-state index in [9.17, 15) is 4.79 Å². The summed E-state index contributed by atoms with van der Waals surface area (Å²) in [7, 11) is 1.28. The van der Waals surface area contributed by atoms with Crippen LogP contribution in [-0.2, 0) is 35.7 Å². The van der Waals surface area contributed by atoms with E-state index in [1.165, 1.54) is 7.11 Å². The van der Waals surface area contributed by atoms with Crippen LogP contribution in [0.15, 0.2) is 182 Å². The van der Waals surface area contributed by atoms with E-state index in [4.69, 9.17) is 10.5 Å². The van der Waals surface area contributed by atoms with Crippen LogP contribution >= 0.6 is 0 Å². The Hall–Kier alpha value is -6.31. The highest BCUT2D eigenvalue weighted by Gasteiger charge is 2.53. The van der Waals surface area contributed by atoms with E-state index in [0.29, 0.717) is 33.4 Å². The van der Waals surface area contributed by atoms with Crippen LogP contribution in [-0.4, -0.2) is 24.9 Å². The zero-order chi connectivity index (χ0) is 35.0. The second-order valence-electron chi connectivity index (χ2n) is 11.9. The van der Waals surface area contributed by atoms with Crippen LogP contribution in [0, 0.1) is 0 Å². The molecule has 0 bridgehead atoms. The summed E-state index contributed by atoms with van der Waals surface area (Å²) < 4.78 is 5.44. The van der Waals surface area contributed by atoms with Gasteiger partial charge >= 0.3 is 5.97 Å². The van der Waals surface area contributed by atoms with E-state index in [2.05, 4.69) is 10.6 Å². The number of hydrogen-bond donors (Lipinski definition) is 3. The van der Waals surface area contributed by atoms with Crippen molar-refractivity contribution in [2.45, 2.75) is 16.6 Å². The number of nitrogens with two attached hydrogens (primary N) is 1. The molecule has 4 N–H and O–H groups in total. The van der Waals surface area contributed by atoms with Crippen molar-refractivity contribution in [3.05, 3.63) is 215 Å². The molecule has 6 rings (SSSR count). The first-order valence-corrected chi connectivity index (χ1v) is 16.2. The largest absolute Gasteiger partial charge is 0.467 e. The van der Waals surface area contributed by atoms with Gasteiger partial charge in [-0.15, -0.1) is 0 Å². The zero-order valence-electron chi connectivity index (χ0n) is 27.5. The van der Waals surface area contributed by atoms with Gasteiger partial charge in [0.2, 0.25) is 0 Å². The predicted octanol–water partition coefficient (Wildman–Crippen LogP) is 6.18. The lowest BCUT2D eigenvalue weighted by Crippen LogP contribution is -2.66. The van der Waals surface area contributed by atoms with Gasteiger partial charge in [-0.1, -0.05) is 182 Å². The van der Waals surface area contributed by atoms with Crippen LogP contribution < -0.4 is 16.4 Å². The molecule has 50 heavy (non-hydrogen) atoms. The minimum Gasteiger partial charge on any atom is -0.467 e. The number of methoxy groups -OCH3 is 1. The molecule has 2 amide bonds. The van der Waals surface area contributed by atoms with Gasteiger partial charge in [-0.2, -0.15) is 0 Å². The molecule has 0 spiro atoms. The lowest BCUT2D eigenvalue weighted by Gasteiger charge is -2.41. The van der Waals surface area contributed by atoms with Gasteiger partial charge in [-0.3, -0.25) is 9.59 Å². The van der Waals surface area contributed by atoms with Gasteiger partial charge in [-0.05, 0) is 33.4 Å². The number of amides is 2. The van der Waals surface area contributed by atoms with Gasteiger partial charge in [-0.25, -0.2) is 4.79 Å². The topological polar surface area (TPSA) is 111 Å². The highest BCUT2D eigenvalue weighted by atomic mass is 16.5. The Morgan fingerprint density at radius 2 is 0.680 bits per heavy atom. The standard InChI is InChI=1S/C43H37N3O4/c1-50-40(49)43(36-28-16-6-17-29-36,37-30-18-7-19-31-37)46-39(48)42(34-24-12-4-13-25-34,35-26-14-5-15-27-35)45-38(47)41(44,32-20-8-2-9-21-32)33-22-10-3-11-23-33/h2-31H,44H2,1H3,(H,45,47)(H,46,48). The summed E-state index contributed by atoms with van der Waals surface area (Å²) in [5.74, 6) is -2.04. The van der Waals surface area contributed by atoms with Gasteiger partial charge in [0, 0.05) is 0 Å². The Labute approximate surface area is 291 Å². The molecule has 0 aliphatic heterocycles. The molecule has 0 aliphatic rings. The molecule has 248 valence electrons. The van der Waals surface area contributed by atoms with Crippen LogP contribution in [0.5, 0.6) is 0 Å². The summed E-state index contributed by atoms with van der Waals surface area (Å²) >= 11 is 0. The van der Waals surface area contributed by atoms with Gasteiger partial charge in [0.15, 0.2) is 11.1 Å². The summed E-state index contributed by atoms with van der Waals surface area (Å²) in [4.78, 5) is 44.9. The number of carbonyl (C=O) groups is 3. The van der Waals surface area contributed by atoms with Crippen molar-refractivity contribution >= 4 is 17.8 Å². The number of hydrogen-bond acceptors (Lipinski definition) is 5. The van der Waals surface area contributed by atoms with Crippen LogP contribution in [0.1, 0.15) is 33.4 Å². The van der Waals surface area contributed by atoms with Crippen LogP contribution in [0.25, 0.3) is 0 Å². The molecule has 0 atom stereocenters. The highest BCUT2D eigenvalue weighted by Crippen LogP contribution is 2.38. The third kappa shape index (κ3) is 5.95. The maximum atomic E-state index is 15.6. The zero-order valence-corrected chi connectivity index (χ0v) is 27.5. The molecule has 7 heteroatoms. The number of esters is 1. The third-order valence-corrected chi connectivity index (χ3v) is 9.08. The fraction of sp³-hybridized carbons (Fsp3) is 0.0930. The molecule has 7 nitrogen and oxygen atoms in total. The number of benzene rings is 6. The molecule has 0 unspecified atom stereocenters. The van der Waals surface area contributed by atoms with Crippen molar-refractivity contribution in [2.75, 3.05) is 7.11 Å². The summed E-state index contributed by atoms with van der Waals surface area (Å²) in [6.45, 7) is 0. The Kier molecular flexibility index (Phi) is 9.70. The Bertz CT molecular complexity index is 1920. The maximum absolute atomic E-state index is 15.6. The molecule has 0 saturated heterocycles. The molecule has 0 fully saturated rings. The third-order valence-electron chi connectivity index (χ3n) is 9.08. The van der Waals surface area contributed by atoms with E-state index < -0.39 is 34.4 Å². The molecule has 0 heterocycles. The number of nitrogens with one attached hydrogen (secondary N) is 2. The van der Waals surface area contributed by atoms with Gasteiger partial charge in [0.25, 0.3) is 11.8 Å². The molecule has 0 aliphatic carbocycles. The SMILES string of the molecule is COC(=O)C(NC(=O)C(NC(=O)C(N)(c1ccccc1)c1ccccc1)(c1ccccc1)c1ccccc1)(c1ccccc1)c1ccccc1. The summed E-state index contributed by atoms with van der Waals surface area (Å²) in [6, 6.07) is 53.8. The lowest BCUT2D eigenvalue weighted by atomic mass is 9.76. The average Bonchev–Trinajstić information content (AvgIpc) is 3.20. The van der Waals surface area contributed by atoms with Gasteiger partial charge < -0.3 is 21.1 Å². The molecule has 6 aromatic rings. The highest BCUT2D eigenvalue weighted by molar-refractivity contribution is 6.02. The minimum atomic E-state index is -1.91. The molecular formula is C43H37N3O4. The predicted molar refractivity (Wildman–Crippen MR) is 193 cm³/mol. The minimum absolute atomic E-state index is 0.445. The second kappa shape index (κ2) is 14.4. The van der Waals surface area contributed by atoms with Crippen molar-refractivity contribution in [1.29, 1.82) is 0 Å². The van der Waals surface area contributed by atoms with Crippen molar-refractivity contribution in [3.63, 3.8) is 0 Å². The van der Waals surface area contributed by atoms with Crippen LogP contribution in [0.4, 0.5) is 0 Å². The molecule has 0 aromatic heterocycles. The van der Waals surface area contributed by atoms with Crippen molar-refractivity contribution in [3.8, 4) is 0 Å². The Morgan fingerprint density at radius 3 is 0.980 bits per heavy atom. The fourth-order valence-corrected chi connectivity index (χ4v) is 6.50. The first kappa shape index (κ1) is 33.6. The van der Waals surface area contributed by atoms with Gasteiger partial charge in [0.05, 0.1) is 7.11 Å². The number of ether oxygens (including phenoxy) is 1. The quantitative estimate of drug-likeness (QED) is 0.144. The van der Waals surface area contributed by atoms with Gasteiger partial charge in [0.1, 0.15) is 5.54 Å². The van der Waals surface area contributed by atoms with E-state index >= 15 is 9.59 Å². The van der Waals surface area contributed by atoms with E-state index in [1.54, 1.807) is 121 Å². The fourth-order valence-electron chi connectivity index (χ4n) is 6.50. The smallest absolute Gasteiger partial charge is 0.341 e. The van der Waals surface area contributed by atoms with Crippen molar-refractivity contribution in [2.24, 2.45) is 5.73 Å². The monoisotopic (exact) mass is 659 g/mol. The van der Waals surface area contributed by atoms with Crippen LogP contribution in [0.3, 0.4) is 0 Å². The Balaban J connectivity index is 1.61. The second-order valence-corrected chi connectivity index (χ2v) is 11.9. The summed E-state index contributed by atoms with van der Waals surface area (Å²) in [5, 5.41) is 6.27. The maximum Gasteiger partial charge on any atom is 0.341 e. The number of carbonyl (C=O) groups excluding carboxylic acids is 3. The van der Waals surface area contributed by atoms with Crippen molar-refractivity contribution in [1.82, 2.24) is 10.6 Å². The average molecular weight is 660 g/mol. The molecule has 6 aromatic carbocycles. The normalized spacial score (nSPS) is 11.6.